The average Bonchev–Trinajstić information content (AvgIpc) is 3.35. The first-order valence-corrected chi connectivity index (χ1v) is 12.2. The lowest BCUT2D eigenvalue weighted by atomic mass is 9.96. The van der Waals surface area contributed by atoms with Crippen LogP contribution in [0.1, 0.15) is 60.1 Å². The molecule has 0 unspecified atom stereocenters. The average molecular weight is 467 g/mol. The smallest absolute Gasteiger partial charge is 0.174 e. The first-order valence-electron chi connectivity index (χ1n) is 11.8. The zero-order valence-corrected chi connectivity index (χ0v) is 20.9. The molecule has 5 heteroatoms. The largest absolute Gasteiger partial charge is 0.351 e. The van der Waals surface area contributed by atoms with Crippen molar-refractivity contribution >= 4 is 23.0 Å². The van der Waals surface area contributed by atoms with Gasteiger partial charge in [0, 0.05) is 29.0 Å². The van der Waals surface area contributed by atoms with Crippen molar-refractivity contribution in [1.29, 1.82) is 0 Å². The summed E-state index contributed by atoms with van der Waals surface area (Å²) in [4.78, 5) is 6.96. The fraction of sp³-hybridized carbons (Fsp3) is 0.241. The summed E-state index contributed by atoms with van der Waals surface area (Å²) < 4.78 is 2.33. The van der Waals surface area contributed by atoms with Gasteiger partial charge in [-0.25, -0.2) is 0 Å². The second kappa shape index (κ2) is 9.07. The molecular weight excluding hydrogens is 436 g/mol. The van der Waals surface area contributed by atoms with Crippen molar-refractivity contribution < 1.29 is 0 Å². The molecule has 4 aromatic rings. The maximum absolute atomic E-state index is 5.92. The number of pyridine rings is 1. The molecule has 1 N–H and O–H groups in total. The van der Waals surface area contributed by atoms with E-state index in [1.807, 2.05) is 18.3 Å². The van der Waals surface area contributed by atoms with Crippen LogP contribution in [0.2, 0.25) is 0 Å². The standard InChI is InChI=1S/C29H30N4S/c1-19(2)22-13-15-24(16-14-22)33-28(27(31-29(33)34)26-12-8-9-17-30-26)25-18-20(3)32(21(25)4)23-10-6-5-7-11-23/h5-19,27-28H,1-4H3,(H,31,34)/t27-,28+/m0/s1. The van der Waals surface area contributed by atoms with E-state index in [0.717, 1.165) is 16.5 Å². The van der Waals surface area contributed by atoms with E-state index in [1.165, 1.54) is 28.2 Å². The molecule has 1 fully saturated rings. The van der Waals surface area contributed by atoms with Gasteiger partial charge < -0.3 is 14.8 Å². The van der Waals surface area contributed by atoms with Gasteiger partial charge >= 0.3 is 0 Å². The molecule has 0 radical (unpaired) electrons. The van der Waals surface area contributed by atoms with Crippen LogP contribution in [-0.4, -0.2) is 14.7 Å². The number of nitrogens with one attached hydrogen (secondary N) is 1. The van der Waals surface area contributed by atoms with Crippen LogP contribution in [0.15, 0.2) is 85.1 Å². The van der Waals surface area contributed by atoms with Crippen molar-refractivity contribution in [2.75, 3.05) is 4.90 Å². The molecule has 0 aliphatic carbocycles. The minimum atomic E-state index is -0.0526. The van der Waals surface area contributed by atoms with Gasteiger partial charge in [-0.2, -0.15) is 0 Å². The lowest BCUT2D eigenvalue weighted by Crippen LogP contribution is -2.29. The highest BCUT2D eigenvalue weighted by atomic mass is 32.1. The van der Waals surface area contributed by atoms with Crippen molar-refractivity contribution in [3.05, 3.63) is 113 Å². The minimum Gasteiger partial charge on any atom is -0.351 e. The number of thiocarbonyl (C=S) groups is 1. The summed E-state index contributed by atoms with van der Waals surface area (Å²) in [6.45, 7) is 8.80. The molecule has 1 aliphatic heterocycles. The van der Waals surface area contributed by atoms with Crippen LogP contribution in [-0.2, 0) is 0 Å². The molecule has 0 spiro atoms. The number of hydrogen-bond donors (Lipinski definition) is 1. The van der Waals surface area contributed by atoms with Crippen LogP contribution < -0.4 is 10.2 Å². The van der Waals surface area contributed by atoms with E-state index in [2.05, 4.69) is 109 Å². The lowest BCUT2D eigenvalue weighted by Gasteiger charge is -2.28. The number of anilines is 1. The number of benzene rings is 2. The van der Waals surface area contributed by atoms with Crippen LogP contribution in [0.4, 0.5) is 5.69 Å². The van der Waals surface area contributed by atoms with Gasteiger partial charge in [0.15, 0.2) is 5.11 Å². The Bertz CT molecular complexity index is 1290. The zero-order valence-electron chi connectivity index (χ0n) is 20.1. The molecule has 3 heterocycles. The maximum atomic E-state index is 5.92. The van der Waals surface area contributed by atoms with E-state index in [0.29, 0.717) is 5.92 Å². The molecule has 172 valence electrons. The van der Waals surface area contributed by atoms with Crippen molar-refractivity contribution in [3.8, 4) is 5.69 Å². The molecule has 1 saturated heterocycles. The van der Waals surface area contributed by atoms with E-state index in [-0.39, 0.29) is 12.1 Å². The summed E-state index contributed by atoms with van der Waals surface area (Å²) in [5, 5.41) is 4.31. The Morgan fingerprint density at radius 2 is 1.59 bits per heavy atom. The van der Waals surface area contributed by atoms with Crippen LogP contribution in [0.5, 0.6) is 0 Å². The molecule has 2 atom stereocenters. The summed E-state index contributed by atoms with van der Waals surface area (Å²) >= 11 is 5.92. The third-order valence-electron chi connectivity index (χ3n) is 6.74. The monoisotopic (exact) mass is 466 g/mol. The molecule has 2 aromatic carbocycles. The second-order valence-corrected chi connectivity index (χ2v) is 9.63. The Kier molecular flexibility index (Phi) is 5.96. The first-order chi connectivity index (χ1) is 16.5. The molecule has 2 aromatic heterocycles. The van der Waals surface area contributed by atoms with Crippen molar-refractivity contribution in [3.63, 3.8) is 0 Å². The van der Waals surface area contributed by atoms with Crippen LogP contribution in [0.25, 0.3) is 5.69 Å². The fourth-order valence-electron chi connectivity index (χ4n) is 5.03. The van der Waals surface area contributed by atoms with E-state index in [4.69, 9.17) is 17.2 Å². The molecule has 1 aliphatic rings. The summed E-state index contributed by atoms with van der Waals surface area (Å²) in [7, 11) is 0. The molecule has 0 saturated carbocycles. The number of aryl methyl sites for hydroxylation is 1. The summed E-state index contributed by atoms with van der Waals surface area (Å²) in [5.74, 6) is 0.486. The van der Waals surface area contributed by atoms with Gasteiger partial charge in [0.05, 0.1) is 17.8 Å². The molecule has 0 bridgehead atoms. The Morgan fingerprint density at radius 3 is 2.24 bits per heavy atom. The van der Waals surface area contributed by atoms with Crippen LogP contribution >= 0.6 is 12.2 Å². The number of para-hydroxylation sites is 1. The van der Waals surface area contributed by atoms with Crippen LogP contribution in [0, 0.1) is 13.8 Å². The highest BCUT2D eigenvalue weighted by Crippen LogP contribution is 2.43. The van der Waals surface area contributed by atoms with Crippen molar-refractivity contribution in [2.45, 2.75) is 45.7 Å². The quantitative estimate of drug-likeness (QED) is 0.328. The van der Waals surface area contributed by atoms with Gasteiger partial charge in [0.1, 0.15) is 0 Å². The summed E-state index contributed by atoms with van der Waals surface area (Å²) in [6, 6.07) is 27.6. The van der Waals surface area contributed by atoms with E-state index >= 15 is 0 Å². The Balaban J connectivity index is 1.65. The van der Waals surface area contributed by atoms with Gasteiger partial charge in [0.25, 0.3) is 0 Å². The van der Waals surface area contributed by atoms with Gasteiger partial charge in [0.2, 0.25) is 0 Å². The Morgan fingerprint density at radius 1 is 0.882 bits per heavy atom. The molecule has 5 rings (SSSR count). The Labute approximate surface area is 207 Å². The molecule has 4 nitrogen and oxygen atoms in total. The maximum Gasteiger partial charge on any atom is 0.174 e. The van der Waals surface area contributed by atoms with Gasteiger partial charge in [-0.05, 0) is 85.6 Å². The number of hydrogen-bond acceptors (Lipinski definition) is 2. The molecule has 0 amide bonds. The number of nitrogens with zero attached hydrogens (tertiary/aromatic N) is 3. The predicted molar refractivity (Wildman–Crippen MR) is 144 cm³/mol. The highest BCUT2D eigenvalue weighted by molar-refractivity contribution is 7.80. The first kappa shape index (κ1) is 22.4. The molecular formula is C29H30N4S. The normalized spacial score (nSPS) is 17.9. The van der Waals surface area contributed by atoms with Crippen molar-refractivity contribution in [1.82, 2.24) is 14.9 Å². The van der Waals surface area contributed by atoms with Crippen molar-refractivity contribution in [2.24, 2.45) is 0 Å². The SMILES string of the molecule is Cc1cc([C@@H]2[C@H](c3ccccn3)NC(=S)N2c2ccc(C(C)C)cc2)c(C)n1-c1ccccc1. The number of rotatable bonds is 5. The van der Waals surface area contributed by atoms with E-state index < -0.39 is 0 Å². The number of aromatic nitrogens is 2. The van der Waals surface area contributed by atoms with E-state index in [1.54, 1.807) is 0 Å². The lowest BCUT2D eigenvalue weighted by molar-refractivity contribution is 0.565. The summed E-state index contributed by atoms with van der Waals surface area (Å²) in [5.41, 5.74) is 8.23. The minimum absolute atomic E-state index is 0.0176. The Hall–Kier alpha value is -3.44. The zero-order chi connectivity index (χ0) is 23.8. The fourth-order valence-corrected chi connectivity index (χ4v) is 5.38. The topological polar surface area (TPSA) is 33.1 Å². The predicted octanol–water partition coefficient (Wildman–Crippen LogP) is 6.79. The third-order valence-corrected chi connectivity index (χ3v) is 7.05. The molecule has 34 heavy (non-hydrogen) atoms. The van der Waals surface area contributed by atoms with Gasteiger partial charge in [-0.15, -0.1) is 0 Å². The second-order valence-electron chi connectivity index (χ2n) is 9.24. The summed E-state index contributed by atoms with van der Waals surface area (Å²) in [6.07, 6.45) is 1.85. The van der Waals surface area contributed by atoms with Crippen LogP contribution in [0.3, 0.4) is 0 Å². The van der Waals surface area contributed by atoms with Gasteiger partial charge in [-0.3, -0.25) is 4.98 Å². The highest BCUT2D eigenvalue weighted by Gasteiger charge is 2.42. The van der Waals surface area contributed by atoms with Gasteiger partial charge in [-0.1, -0.05) is 50.2 Å². The van der Waals surface area contributed by atoms with E-state index in [9.17, 15) is 0 Å². The third kappa shape index (κ3) is 3.90.